The Bertz CT molecular complexity index is 1700. The summed E-state index contributed by atoms with van der Waals surface area (Å²) in [6.07, 6.45) is 11.6. The lowest BCUT2D eigenvalue weighted by molar-refractivity contribution is -0.126. The smallest absolute Gasteiger partial charge is 0.303 e. The van der Waals surface area contributed by atoms with E-state index in [0.717, 1.165) is 52.2 Å². The highest BCUT2D eigenvalue weighted by Crippen LogP contribution is 2.49. The Morgan fingerprint density at radius 3 is 2.57 bits per heavy atom. The Hall–Kier alpha value is -3.28. The molecule has 1 aromatic heterocycles. The molecule has 236 valence electrons. The summed E-state index contributed by atoms with van der Waals surface area (Å²) in [4.78, 5) is 29.2. The monoisotopic (exact) mass is 624 g/mol. The topological polar surface area (TPSA) is 101 Å². The van der Waals surface area contributed by atoms with Crippen molar-refractivity contribution in [3.05, 3.63) is 70.2 Å². The number of allylic oxidation sites excluding steroid dienone is 5. The predicted molar refractivity (Wildman–Crippen MR) is 167 cm³/mol. The van der Waals surface area contributed by atoms with Gasteiger partial charge in [-0.15, -0.1) is 0 Å². The van der Waals surface area contributed by atoms with E-state index < -0.39 is 21.5 Å². The lowest BCUT2D eigenvalue weighted by Crippen LogP contribution is -2.42. The molecule has 3 heterocycles. The molecule has 2 aromatic rings. The van der Waals surface area contributed by atoms with Crippen LogP contribution in [0.3, 0.4) is 0 Å². The molecule has 2 aliphatic carbocycles. The van der Waals surface area contributed by atoms with Gasteiger partial charge in [0.25, 0.3) is 11.8 Å². The van der Waals surface area contributed by atoms with Gasteiger partial charge < -0.3 is 14.2 Å². The summed E-state index contributed by atoms with van der Waals surface area (Å²) in [5.74, 6) is -0.890. The third-order valence-electron chi connectivity index (χ3n) is 10.0. The molecular weight excluding hydrogens is 583 g/mol. The number of aromatic nitrogens is 1. The number of nitrogens with one attached hydrogen (secondary N) is 1. The number of carbonyl (C=O) groups is 2. The first-order valence-corrected chi connectivity index (χ1v) is 17.0. The lowest BCUT2D eigenvalue weighted by Gasteiger charge is -2.34. The van der Waals surface area contributed by atoms with Crippen LogP contribution in [0.4, 0.5) is 4.39 Å². The van der Waals surface area contributed by atoms with Gasteiger partial charge in [0.2, 0.25) is 0 Å². The molecule has 2 aliphatic heterocycles. The van der Waals surface area contributed by atoms with E-state index in [1.807, 2.05) is 19.1 Å². The quantitative estimate of drug-likeness (QED) is 0.494. The number of amides is 2. The molecule has 9 nitrogen and oxygen atoms in total. The molecule has 11 heteroatoms. The third kappa shape index (κ3) is 5.54. The summed E-state index contributed by atoms with van der Waals surface area (Å²) < 4.78 is 52.1. The van der Waals surface area contributed by atoms with Crippen LogP contribution in [0.15, 0.2) is 53.4 Å². The minimum absolute atomic E-state index is 0.0362. The van der Waals surface area contributed by atoms with Gasteiger partial charge >= 0.3 is 10.2 Å². The SMILES string of the molecule is CC1=C2Cn3c(c(C4CCCCC4)c4ccc(cc43)C(=O)NS(=O)(=O)N(C)CCOCCN(C)C2=O)CC12C=C(F)C=CC2. The first-order valence-electron chi connectivity index (χ1n) is 15.5. The molecule has 0 saturated heterocycles. The molecule has 2 amide bonds. The van der Waals surface area contributed by atoms with E-state index in [1.54, 1.807) is 30.2 Å². The van der Waals surface area contributed by atoms with Crippen molar-refractivity contribution in [2.75, 3.05) is 40.4 Å². The van der Waals surface area contributed by atoms with Crippen molar-refractivity contribution in [1.82, 2.24) is 18.5 Å². The maximum absolute atomic E-state index is 15.1. The van der Waals surface area contributed by atoms with E-state index in [0.29, 0.717) is 30.9 Å². The van der Waals surface area contributed by atoms with Gasteiger partial charge in [-0.3, -0.25) is 9.59 Å². The zero-order valence-electron chi connectivity index (χ0n) is 25.7. The maximum atomic E-state index is 15.1. The van der Waals surface area contributed by atoms with Crippen LogP contribution in [0.25, 0.3) is 10.9 Å². The van der Waals surface area contributed by atoms with Crippen molar-refractivity contribution < 1.29 is 27.1 Å². The Balaban J connectivity index is 1.59. The van der Waals surface area contributed by atoms with Gasteiger partial charge in [-0.2, -0.15) is 12.7 Å². The highest BCUT2D eigenvalue weighted by molar-refractivity contribution is 7.87. The highest BCUT2D eigenvalue weighted by Gasteiger charge is 2.41. The molecule has 1 N–H and O–H groups in total. The van der Waals surface area contributed by atoms with E-state index >= 15 is 4.39 Å². The minimum atomic E-state index is -4.10. The van der Waals surface area contributed by atoms with E-state index in [-0.39, 0.29) is 43.6 Å². The van der Waals surface area contributed by atoms with Crippen molar-refractivity contribution in [1.29, 1.82) is 0 Å². The van der Waals surface area contributed by atoms with Gasteiger partial charge in [-0.1, -0.05) is 37.0 Å². The molecule has 1 saturated carbocycles. The number of rotatable bonds is 1. The van der Waals surface area contributed by atoms with Crippen molar-refractivity contribution >= 4 is 32.9 Å². The summed E-state index contributed by atoms with van der Waals surface area (Å²) >= 11 is 0. The van der Waals surface area contributed by atoms with E-state index in [9.17, 15) is 18.0 Å². The number of fused-ring (bicyclic) bond motifs is 2. The van der Waals surface area contributed by atoms with Gasteiger partial charge in [0.1, 0.15) is 5.83 Å². The van der Waals surface area contributed by atoms with Crippen molar-refractivity contribution in [3.8, 4) is 0 Å². The average molecular weight is 625 g/mol. The van der Waals surface area contributed by atoms with E-state index in [4.69, 9.17) is 4.74 Å². The fourth-order valence-corrected chi connectivity index (χ4v) is 8.19. The third-order valence-corrected chi connectivity index (χ3v) is 11.5. The number of ether oxygens (including phenoxy) is 1. The first kappa shape index (κ1) is 30.7. The highest BCUT2D eigenvalue weighted by atomic mass is 32.2. The van der Waals surface area contributed by atoms with Crippen LogP contribution in [0.5, 0.6) is 0 Å². The molecule has 6 rings (SSSR count). The molecule has 1 spiro atoms. The van der Waals surface area contributed by atoms with Crippen LogP contribution in [0.1, 0.15) is 73.0 Å². The Morgan fingerprint density at radius 1 is 1.07 bits per heavy atom. The maximum Gasteiger partial charge on any atom is 0.303 e. The second-order valence-electron chi connectivity index (χ2n) is 12.7. The van der Waals surface area contributed by atoms with Crippen molar-refractivity contribution in [2.24, 2.45) is 5.41 Å². The minimum Gasteiger partial charge on any atom is -0.378 e. The second kappa shape index (κ2) is 11.9. The van der Waals surface area contributed by atoms with Crippen LogP contribution in [-0.4, -0.2) is 74.4 Å². The normalized spacial score (nSPS) is 25.9. The zero-order valence-corrected chi connectivity index (χ0v) is 26.5. The fourth-order valence-electron chi connectivity index (χ4n) is 7.36. The summed E-state index contributed by atoms with van der Waals surface area (Å²) in [6.45, 7) is 2.87. The van der Waals surface area contributed by atoms with Gasteiger partial charge in [-0.25, -0.2) is 9.11 Å². The van der Waals surface area contributed by atoms with Crippen LogP contribution < -0.4 is 4.72 Å². The number of hydrogen-bond acceptors (Lipinski definition) is 5. The second-order valence-corrected chi connectivity index (χ2v) is 14.5. The van der Waals surface area contributed by atoms with Gasteiger partial charge in [0.05, 0.1) is 19.8 Å². The fraction of sp³-hybridized carbons (Fsp3) is 0.515. The summed E-state index contributed by atoms with van der Waals surface area (Å²) in [6, 6.07) is 5.34. The number of hydrogen-bond donors (Lipinski definition) is 1. The van der Waals surface area contributed by atoms with Gasteiger partial charge in [-0.05, 0) is 62.0 Å². The molecular formula is C33H41FN4O5S. The summed E-state index contributed by atoms with van der Waals surface area (Å²) in [7, 11) is -0.986. The average Bonchev–Trinajstić information content (AvgIpc) is 3.23. The van der Waals surface area contributed by atoms with E-state index in [1.165, 1.54) is 25.1 Å². The van der Waals surface area contributed by atoms with Crippen molar-refractivity contribution in [2.45, 2.75) is 64.3 Å². The number of benzene rings is 1. The molecule has 4 bridgehead atoms. The van der Waals surface area contributed by atoms with E-state index in [2.05, 4.69) is 9.29 Å². The van der Waals surface area contributed by atoms with Crippen LogP contribution in [0, 0.1) is 5.41 Å². The molecule has 44 heavy (non-hydrogen) atoms. The molecule has 1 atom stereocenters. The Labute approximate surface area is 258 Å². The predicted octanol–water partition coefficient (Wildman–Crippen LogP) is 4.76. The standard InChI is InChI=1S/C33H41FN4O5S/c1-22-27-21-38-28-18-24(31(39)35-44(41,42)37(3)15-17-43-16-14-36(2)32(27)40)11-12-26(28)30(23-8-5-4-6-9-23)29(38)20-33(22)13-7-10-25(34)19-33/h7,10-12,18-19,23H,4-6,8-9,13-17,20-21H2,1-3H3,(H,35,39). The Morgan fingerprint density at radius 2 is 1.82 bits per heavy atom. The zero-order chi connectivity index (χ0) is 31.2. The summed E-state index contributed by atoms with van der Waals surface area (Å²) in [5.41, 5.74) is 3.98. The van der Waals surface area contributed by atoms with Crippen LogP contribution >= 0.6 is 0 Å². The number of carbonyl (C=O) groups excluding carboxylic acids is 2. The molecule has 0 radical (unpaired) electrons. The lowest BCUT2D eigenvalue weighted by atomic mass is 9.69. The summed E-state index contributed by atoms with van der Waals surface area (Å²) in [5, 5.41) is 1.00. The first-order chi connectivity index (χ1) is 21.0. The number of likely N-dealkylation sites (N-methyl/N-ethyl adjacent to an activating group) is 2. The Kier molecular flexibility index (Phi) is 8.32. The number of halogens is 1. The molecule has 4 aliphatic rings. The van der Waals surface area contributed by atoms with Crippen LogP contribution in [-0.2, 0) is 32.7 Å². The van der Waals surface area contributed by atoms with Crippen molar-refractivity contribution in [3.63, 3.8) is 0 Å². The largest absolute Gasteiger partial charge is 0.378 e. The molecule has 1 fully saturated rings. The van der Waals surface area contributed by atoms with Crippen LogP contribution in [0.2, 0.25) is 0 Å². The number of nitrogens with zero attached hydrogens (tertiary/aromatic N) is 3. The van der Waals surface area contributed by atoms with Gasteiger partial charge in [0, 0.05) is 66.8 Å². The molecule has 1 unspecified atom stereocenters. The molecule has 1 aromatic carbocycles. The van der Waals surface area contributed by atoms with Gasteiger partial charge in [0.15, 0.2) is 0 Å².